The van der Waals surface area contributed by atoms with Gasteiger partial charge in [0, 0.05) is 42.9 Å². The highest BCUT2D eigenvalue weighted by atomic mass is 16.4. The molecule has 0 aliphatic carbocycles. The summed E-state index contributed by atoms with van der Waals surface area (Å²) in [5.74, 6) is -0.793. The Morgan fingerprint density at radius 2 is 2.26 bits per heavy atom. The number of carboxylic acid groups (broad SMARTS) is 1. The van der Waals surface area contributed by atoms with Crippen molar-refractivity contribution in [1.82, 2.24) is 9.88 Å². The maximum absolute atomic E-state index is 10.9. The molecule has 0 spiro atoms. The van der Waals surface area contributed by atoms with Crippen LogP contribution < -0.4 is 4.90 Å². The highest BCUT2D eigenvalue weighted by molar-refractivity contribution is 5.95. The first kappa shape index (κ1) is 15.3. The summed E-state index contributed by atoms with van der Waals surface area (Å²) in [4.78, 5) is 19.5. The fourth-order valence-electron chi connectivity index (χ4n) is 3.15. The van der Waals surface area contributed by atoms with Gasteiger partial charge in [-0.1, -0.05) is 0 Å². The molecule has 23 heavy (non-hydrogen) atoms. The molecule has 3 rings (SSSR count). The number of carbonyl (C=O) groups is 1. The first-order chi connectivity index (χ1) is 11.1. The molecule has 0 radical (unpaired) electrons. The third-order valence-corrected chi connectivity index (χ3v) is 4.31. The second-order valence-electron chi connectivity index (χ2n) is 5.80. The van der Waals surface area contributed by atoms with Crippen LogP contribution in [0.5, 0.6) is 0 Å². The molecule has 1 aromatic heterocycles. The van der Waals surface area contributed by atoms with Gasteiger partial charge in [-0.3, -0.25) is 14.7 Å². The zero-order valence-electron chi connectivity index (χ0n) is 12.9. The molecule has 0 bridgehead atoms. The molecule has 1 saturated heterocycles. The first-order valence-electron chi connectivity index (χ1n) is 7.59. The molecule has 118 valence electrons. The molecule has 6 nitrogen and oxygen atoms in total. The van der Waals surface area contributed by atoms with Crippen LogP contribution in [-0.2, 0) is 4.79 Å². The van der Waals surface area contributed by atoms with Gasteiger partial charge in [-0.15, -0.1) is 0 Å². The van der Waals surface area contributed by atoms with Gasteiger partial charge in [0.2, 0.25) is 0 Å². The summed E-state index contributed by atoms with van der Waals surface area (Å²) in [6.07, 6.45) is 1.69. The molecule has 1 aromatic carbocycles. The summed E-state index contributed by atoms with van der Waals surface area (Å²) >= 11 is 0. The van der Waals surface area contributed by atoms with Crippen LogP contribution in [0, 0.1) is 11.3 Å². The molecule has 1 atom stereocenters. The Kier molecular flexibility index (Phi) is 4.13. The second-order valence-corrected chi connectivity index (χ2v) is 5.80. The van der Waals surface area contributed by atoms with E-state index in [-0.39, 0.29) is 12.6 Å². The molecule has 0 saturated carbocycles. The van der Waals surface area contributed by atoms with E-state index in [0.717, 1.165) is 24.2 Å². The number of benzene rings is 1. The van der Waals surface area contributed by atoms with Crippen molar-refractivity contribution in [3.63, 3.8) is 0 Å². The lowest BCUT2D eigenvalue weighted by Gasteiger charge is -2.40. The van der Waals surface area contributed by atoms with Crippen LogP contribution in [0.3, 0.4) is 0 Å². The number of piperazine rings is 1. The first-order valence-corrected chi connectivity index (χ1v) is 7.59. The topological polar surface area (TPSA) is 80.5 Å². The van der Waals surface area contributed by atoms with E-state index >= 15 is 0 Å². The van der Waals surface area contributed by atoms with Crippen LogP contribution in [0.2, 0.25) is 0 Å². The number of pyridine rings is 1. The molecular formula is C17H18N4O2. The van der Waals surface area contributed by atoms with Crippen molar-refractivity contribution < 1.29 is 9.90 Å². The van der Waals surface area contributed by atoms with Gasteiger partial charge in [0.05, 0.1) is 17.6 Å². The van der Waals surface area contributed by atoms with Crippen LogP contribution in [0.4, 0.5) is 5.69 Å². The number of fused-ring (bicyclic) bond motifs is 1. The fourth-order valence-corrected chi connectivity index (χ4v) is 3.15. The lowest BCUT2D eigenvalue weighted by atomic mass is 10.1. The average Bonchev–Trinajstić information content (AvgIpc) is 2.55. The Labute approximate surface area is 134 Å². The van der Waals surface area contributed by atoms with Crippen molar-refractivity contribution in [2.45, 2.75) is 13.0 Å². The third-order valence-electron chi connectivity index (χ3n) is 4.31. The van der Waals surface area contributed by atoms with E-state index in [1.807, 2.05) is 30.0 Å². The molecule has 1 unspecified atom stereocenters. The van der Waals surface area contributed by atoms with Crippen LogP contribution in [-0.4, -0.2) is 53.2 Å². The fraction of sp³-hybridized carbons (Fsp3) is 0.353. The zero-order valence-corrected chi connectivity index (χ0v) is 12.9. The number of aliphatic carboxylic acids is 1. The van der Waals surface area contributed by atoms with Gasteiger partial charge < -0.3 is 10.0 Å². The summed E-state index contributed by atoms with van der Waals surface area (Å²) in [5.41, 5.74) is 2.34. The van der Waals surface area contributed by atoms with Crippen molar-refractivity contribution in [1.29, 1.82) is 5.26 Å². The van der Waals surface area contributed by atoms with Gasteiger partial charge in [-0.2, -0.15) is 5.26 Å². The SMILES string of the molecule is CC1CN(c2ccc(C#N)c3ncccc23)CCN1CC(=O)O. The van der Waals surface area contributed by atoms with Gasteiger partial charge >= 0.3 is 5.97 Å². The number of rotatable bonds is 3. The second kappa shape index (κ2) is 6.23. The normalized spacial score (nSPS) is 18.8. The van der Waals surface area contributed by atoms with Gasteiger partial charge in [-0.05, 0) is 31.2 Å². The summed E-state index contributed by atoms with van der Waals surface area (Å²) in [5, 5.41) is 19.2. The minimum absolute atomic E-state index is 0.0741. The Balaban J connectivity index is 1.91. The van der Waals surface area contributed by atoms with Gasteiger partial charge in [0.25, 0.3) is 0 Å². The van der Waals surface area contributed by atoms with E-state index < -0.39 is 5.97 Å². The van der Waals surface area contributed by atoms with E-state index in [2.05, 4.69) is 16.0 Å². The number of nitriles is 1. The molecule has 1 N–H and O–H groups in total. The lowest BCUT2D eigenvalue weighted by Crippen LogP contribution is -2.53. The highest BCUT2D eigenvalue weighted by Gasteiger charge is 2.26. The van der Waals surface area contributed by atoms with Crippen molar-refractivity contribution in [3.8, 4) is 6.07 Å². The van der Waals surface area contributed by atoms with E-state index in [1.165, 1.54) is 0 Å². The molecule has 2 aromatic rings. The van der Waals surface area contributed by atoms with Crippen LogP contribution in [0.1, 0.15) is 12.5 Å². The standard InChI is InChI=1S/C17H18N4O2/c1-12-10-21(8-7-20(12)11-16(22)23)15-5-4-13(9-18)17-14(15)3-2-6-19-17/h2-6,12H,7-8,10-11H2,1H3,(H,22,23). The van der Waals surface area contributed by atoms with Crippen molar-refractivity contribution in [2.75, 3.05) is 31.1 Å². The predicted octanol–water partition coefficient (Wildman–Crippen LogP) is 1.70. The summed E-state index contributed by atoms with van der Waals surface area (Å²) in [7, 11) is 0. The molecule has 1 fully saturated rings. The number of aromatic nitrogens is 1. The minimum Gasteiger partial charge on any atom is -0.480 e. The highest BCUT2D eigenvalue weighted by Crippen LogP contribution is 2.29. The molecule has 2 heterocycles. The van der Waals surface area contributed by atoms with E-state index in [4.69, 9.17) is 5.11 Å². The van der Waals surface area contributed by atoms with E-state index in [0.29, 0.717) is 17.6 Å². The maximum atomic E-state index is 10.9. The monoisotopic (exact) mass is 310 g/mol. The molecule has 1 aliphatic heterocycles. The largest absolute Gasteiger partial charge is 0.480 e. The number of carboxylic acids is 1. The maximum Gasteiger partial charge on any atom is 0.317 e. The number of hydrogen-bond acceptors (Lipinski definition) is 5. The zero-order chi connectivity index (χ0) is 16.4. The summed E-state index contributed by atoms with van der Waals surface area (Å²) in [6, 6.07) is 9.95. The van der Waals surface area contributed by atoms with Crippen molar-refractivity contribution >= 4 is 22.6 Å². The lowest BCUT2D eigenvalue weighted by molar-refractivity contribution is -0.138. The van der Waals surface area contributed by atoms with Crippen LogP contribution >= 0.6 is 0 Å². The Bertz CT molecular complexity index is 784. The average molecular weight is 310 g/mol. The van der Waals surface area contributed by atoms with Crippen LogP contribution in [0.25, 0.3) is 10.9 Å². The quantitative estimate of drug-likeness (QED) is 0.929. The minimum atomic E-state index is -0.793. The molecule has 6 heteroatoms. The number of nitrogens with zero attached hydrogens (tertiary/aromatic N) is 4. The van der Waals surface area contributed by atoms with Gasteiger partial charge in [-0.25, -0.2) is 0 Å². The number of anilines is 1. The summed E-state index contributed by atoms with van der Waals surface area (Å²) < 4.78 is 0. The molecule has 0 amide bonds. The predicted molar refractivity (Wildman–Crippen MR) is 87.3 cm³/mol. The smallest absolute Gasteiger partial charge is 0.317 e. The summed E-state index contributed by atoms with van der Waals surface area (Å²) in [6.45, 7) is 4.33. The van der Waals surface area contributed by atoms with Crippen LogP contribution in [0.15, 0.2) is 30.5 Å². The molecular weight excluding hydrogens is 292 g/mol. The Morgan fingerprint density at radius 3 is 2.96 bits per heavy atom. The van der Waals surface area contributed by atoms with Gasteiger partial charge in [0.15, 0.2) is 0 Å². The number of hydrogen-bond donors (Lipinski definition) is 1. The van der Waals surface area contributed by atoms with Crippen molar-refractivity contribution in [3.05, 3.63) is 36.0 Å². The molecule has 1 aliphatic rings. The van der Waals surface area contributed by atoms with E-state index in [9.17, 15) is 10.1 Å². The third kappa shape index (κ3) is 2.96. The van der Waals surface area contributed by atoms with Gasteiger partial charge in [0.1, 0.15) is 6.07 Å². The van der Waals surface area contributed by atoms with E-state index in [1.54, 1.807) is 12.3 Å². The van der Waals surface area contributed by atoms with Crippen molar-refractivity contribution in [2.24, 2.45) is 0 Å². The Hall–Kier alpha value is -2.65. The Morgan fingerprint density at radius 1 is 1.43 bits per heavy atom.